The Morgan fingerprint density at radius 2 is 1.19 bits per heavy atom. The maximum atomic E-state index is 12.3. The normalized spacial score (nSPS) is 11.9. The topological polar surface area (TPSA) is 91.6 Å². The highest BCUT2D eigenvalue weighted by Crippen LogP contribution is 2.24. The smallest absolute Gasteiger partial charge is 0.409 e. The van der Waals surface area contributed by atoms with Crippen LogP contribution in [0.4, 0.5) is 16.2 Å². The molecular weight excluding hydrogens is 456 g/mol. The summed E-state index contributed by atoms with van der Waals surface area (Å²) in [6, 6.07) is 14.3. The molecule has 0 saturated heterocycles. The summed E-state index contributed by atoms with van der Waals surface area (Å²) in [5, 5.41) is 8.45. The number of ketones is 1. The number of ether oxygens (including phenoxy) is 1. The van der Waals surface area contributed by atoms with E-state index >= 15 is 0 Å². The molecule has 36 heavy (non-hydrogen) atoms. The molecule has 194 valence electrons. The molecule has 2 rings (SSSR count). The van der Waals surface area contributed by atoms with Crippen LogP contribution < -0.4 is 0 Å². The molecule has 0 atom stereocenters. The fourth-order valence-corrected chi connectivity index (χ4v) is 3.21. The van der Waals surface area contributed by atoms with Gasteiger partial charge in [0.05, 0.1) is 11.4 Å². The first kappa shape index (κ1) is 28.7. The van der Waals surface area contributed by atoms with Crippen molar-refractivity contribution in [1.29, 1.82) is 0 Å². The first-order valence-corrected chi connectivity index (χ1v) is 12.0. The Hall–Kier alpha value is -3.55. The first-order chi connectivity index (χ1) is 16.7. The van der Waals surface area contributed by atoms with Crippen LogP contribution in [0.15, 0.2) is 58.8 Å². The molecule has 2 aromatic rings. The summed E-state index contributed by atoms with van der Waals surface area (Å²) in [6.45, 7) is 12.2. The zero-order chi connectivity index (χ0) is 27.1. The fraction of sp³-hybridized carbons (Fsp3) is 0.464. The van der Waals surface area contributed by atoms with Crippen LogP contribution >= 0.6 is 0 Å². The maximum absolute atomic E-state index is 12.3. The summed E-state index contributed by atoms with van der Waals surface area (Å²) in [7, 11) is 3.38. The molecule has 0 unspecified atom stereocenters. The van der Waals surface area contributed by atoms with Gasteiger partial charge >= 0.3 is 6.09 Å². The fourth-order valence-electron chi connectivity index (χ4n) is 3.21. The maximum Gasteiger partial charge on any atom is 0.409 e. The molecule has 0 radical (unpaired) electrons. The number of benzene rings is 2. The number of carbonyl (C=O) groups is 3. The third-order valence-corrected chi connectivity index (χ3v) is 5.46. The van der Waals surface area contributed by atoms with Crippen molar-refractivity contribution in [2.75, 3.05) is 27.2 Å². The van der Waals surface area contributed by atoms with Gasteiger partial charge in [-0.15, -0.1) is 0 Å². The van der Waals surface area contributed by atoms with Gasteiger partial charge in [-0.25, -0.2) is 4.79 Å². The van der Waals surface area contributed by atoms with E-state index in [1.165, 1.54) is 4.90 Å². The Morgan fingerprint density at radius 1 is 0.722 bits per heavy atom. The molecule has 8 nitrogen and oxygen atoms in total. The van der Waals surface area contributed by atoms with Gasteiger partial charge in [0, 0.05) is 43.6 Å². The van der Waals surface area contributed by atoms with Gasteiger partial charge in [0.15, 0.2) is 5.78 Å². The Balaban J connectivity index is 1.84. The molecule has 0 N–H and O–H groups in total. The lowest BCUT2D eigenvalue weighted by atomic mass is 9.86. The van der Waals surface area contributed by atoms with Gasteiger partial charge in [0.1, 0.15) is 6.61 Å². The molecule has 0 aliphatic rings. The van der Waals surface area contributed by atoms with Gasteiger partial charge in [-0.1, -0.05) is 53.7 Å². The van der Waals surface area contributed by atoms with E-state index in [1.807, 2.05) is 53.7 Å². The average molecular weight is 495 g/mol. The Morgan fingerprint density at radius 3 is 1.67 bits per heavy atom. The van der Waals surface area contributed by atoms with Gasteiger partial charge in [-0.2, -0.15) is 10.2 Å². The predicted molar refractivity (Wildman–Crippen MR) is 141 cm³/mol. The highest BCUT2D eigenvalue weighted by atomic mass is 16.6. The number of amides is 2. The SMILES string of the molecule is CN(CCN(C)C(=O)C(C)(C)C)C(=O)OCc1ccc(N=Nc2ccc(C(=O)C(C)(C)C)cc2)cc1. The minimum absolute atomic E-state index is 0.0224. The second-order valence-corrected chi connectivity index (χ2v) is 10.9. The van der Waals surface area contributed by atoms with E-state index in [-0.39, 0.29) is 18.3 Å². The van der Waals surface area contributed by atoms with Crippen LogP contribution in [-0.2, 0) is 16.1 Å². The van der Waals surface area contributed by atoms with Crippen molar-refractivity contribution in [1.82, 2.24) is 9.80 Å². The van der Waals surface area contributed by atoms with Crippen LogP contribution in [0.25, 0.3) is 0 Å². The first-order valence-electron chi connectivity index (χ1n) is 12.0. The Kier molecular flexibility index (Phi) is 9.50. The minimum atomic E-state index is -0.462. The van der Waals surface area contributed by atoms with E-state index in [4.69, 9.17) is 4.74 Å². The molecule has 0 bridgehead atoms. The second-order valence-electron chi connectivity index (χ2n) is 10.9. The van der Waals surface area contributed by atoms with Crippen molar-refractivity contribution >= 4 is 29.2 Å². The molecular formula is C28H38N4O4. The lowest BCUT2D eigenvalue weighted by Crippen LogP contribution is -2.41. The van der Waals surface area contributed by atoms with E-state index < -0.39 is 16.9 Å². The van der Waals surface area contributed by atoms with Gasteiger partial charge in [0.25, 0.3) is 0 Å². The summed E-state index contributed by atoms with van der Waals surface area (Å²) < 4.78 is 5.38. The number of likely N-dealkylation sites (N-methyl/N-ethyl adjacent to an activating group) is 2. The molecule has 0 spiro atoms. The molecule has 8 heteroatoms. The monoisotopic (exact) mass is 494 g/mol. The van der Waals surface area contributed by atoms with Crippen LogP contribution in [0.5, 0.6) is 0 Å². The van der Waals surface area contributed by atoms with Gasteiger partial charge in [-0.3, -0.25) is 9.59 Å². The molecule has 0 fully saturated rings. The third-order valence-electron chi connectivity index (χ3n) is 5.46. The zero-order valence-corrected chi connectivity index (χ0v) is 22.7. The third kappa shape index (κ3) is 8.59. The number of carbonyl (C=O) groups excluding carboxylic acids is 3. The van der Waals surface area contributed by atoms with Crippen LogP contribution in [0.1, 0.15) is 57.5 Å². The van der Waals surface area contributed by atoms with E-state index in [9.17, 15) is 14.4 Å². The number of nitrogens with zero attached hydrogens (tertiary/aromatic N) is 4. The lowest BCUT2D eigenvalue weighted by molar-refractivity contribution is -0.138. The van der Waals surface area contributed by atoms with Crippen molar-refractivity contribution in [3.63, 3.8) is 0 Å². The molecule has 2 amide bonds. The van der Waals surface area contributed by atoms with Crippen molar-refractivity contribution in [3.05, 3.63) is 59.7 Å². The number of hydrogen-bond donors (Lipinski definition) is 0. The quantitative estimate of drug-likeness (QED) is 0.313. The van der Waals surface area contributed by atoms with E-state index in [0.29, 0.717) is 30.0 Å². The van der Waals surface area contributed by atoms with Gasteiger partial charge < -0.3 is 14.5 Å². The number of hydrogen-bond acceptors (Lipinski definition) is 6. The highest BCUT2D eigenvalue weighted by molar-refractivity contribution is 5.99. The van der Waals surface area contributed by atoms with Crippen molar-refractivity contribution in [2.24, 2.45) is 21.1 Å². The number of rotatable bonds is 8. The summed E-state index contributed by atoms with van der Waals surface area (Å²) >= 11 is 0. The minimum Gasteiger partial charge on any atom is -0.445 e. The van der Waals surface area contributed by atoms with Crippen LogP contribution in [-0.4, -0.2) is 54.8 Å². The van der Waals surface area contributed by atoms with Crippen molar-refractivity contribution in [2.45, 2.75) is 48.1 Å². The lowest BCUT2D eigenvalue weighted by Gasteiger charge is -2.27. The predicted octanol–water partition coefficient (Wildman–Crippen LogP) is 6.40. The van der Waals surface area contributed by atoms with Crippen molar-refractivity contribution < 1.29 is 19.1 Å². The summed E-state index contributed by atoms with van der Waals surface area (Å²) in [5.41, 5.74) is 1.88. The van der Waals surface area contributed by atoms with Crippen LogP contribution in [0, 0.1) is 10.8 Å². The average Bonchev–Trinajstić information content (AvgIpc) is 2.83. The Labute approximate surface area is 214 Å². The second kappa shape index (κ2) is 11.9. The van der Waals surface area contributed by atoms with E-state index in [2.05, 4.69) is 10.2 Å². The Bertz CT molecular complexity index is 1080. The van der Waals surface area contributed by atoms with Crippen LogP contribution in [0.3, 0.4) is 0 Å². The summed E-state index contributed by atoms with van der Waals surface area (Å²) in [4.78, 5) is 39.9. The largest absolute Gasteiger partial charge is 0.445 e. The number of azo groups is 1. The molecule has 0 aromatic heterocycles. The number of Topliss-reactive ketones (excluding diaryl/α,β-unsaturated/α-hetero) is 1. The molecule has 0 aliphatic heterocycles. The molecule has 0 saturated carbocycles. The van der Waals surface area contributed by atoms with E-state index in [0.717, 1.165) is 5.56 Å². The van der Waals surface area contributed by atoms with Gasteiger partial charge in [0.2, 0.25) is 5.91 Å². The molecule has 2 aromatic carbocycles. The molecule has 0 heterocycles. The van der Waals surface area contributed by atoms with E-state index in [1.54, 1.807) is 55.4 Å². The van der Waals surface area contributed by atoms with Crippen molar-refractivity contribution in [3.8, 4) is 0 Å². The summed E-state index contributed by atoms with van der Waals surface area (Å²) in [5.74, 6) is 0.102. The van der Waals surface area contributed by atoms with Gasteiger partial charge in [-0.05, 0) is 42.0 Å². The molecule has 0 aliphatic carbocycles. The standard InChI is InChI=1S/C28H38N4O4/c1-27(2,3)24(33)21-11-15-23(16-12-21)30-29-22-13-9-20(10-14-22)19-36-26(35)32(8)18-17-31(7)25(34)28(4,5)6/h9-16H,17-19H2,1-8H3. The zero-order valence-electron chi connectivity index (χ0n) is 22.7. The summed E-state index contributed by atoms with van der Waals surface area (Å²) in [6.07, 6.45) is -0.455. The van der Waals surface area contributed by atoms with Crippen LogP contribution in [0.2, 0.25) is 0 Å². The highest BCUT2D eigenvalue weighted by Gasteiger charge is 2.25.